The van der Waals surface area contributed by atoms with E-state index in [1.165, 1.54) is 0 Å². The molecule has 0 unspecified atom stereocenters. The Morgan fingerprint density at radius 1 is 0.341 bits per heavy atom. The molecule has 4 nitrogen and oxygen atoms in total. The third-order valence-electron chi connectivity index (χ3n) is 5.82. The maximum atomic E-state index is 5.45. The maximum Gasteiger partial charge on any atom is 0.118 e. The van der Waals surface area contributed by atoms with E-state index in [-0.39, 0.29) is 16.5 Å². The van der Waals surface area contributed by atoms with Gasteiger partial charge >= 0.3 is 0 Å². The second-order valence-electron chi connectivity index (χ2n) is 8.23. The number of methoxy groups -OCH3 is 4. The van der Waals surface area contributed by atoms with Crippen molar-refractivity contribution >= 4 is 70.1 Å². The third-order valence-corrected chi connectivity index (χ3v) is 7.84. The molecule has 0 bridgehead atoms. The van der Waals surface area contributed by atoms with Crippen molar-refractivity contribution in [2.24, 2.45) is 0 Å². The summed E-state index contributed by atoms with van der Waals surface area (Å²) in [6, 6.07) is 30.3. The minimum atomic E-state index is 0. The molecule has 218 valence electrons. The first-order valence-corrected chi connectivity index (χ1v) is 13.7. The Kier molecular flexibility index (Phi) is 14.2. The molecule has 9 heteroatoms. The fourth-order valence-corrected chi connectivity index (χ4v) is 4.51. The molecule has 4 aromatic rings. The third kappa shape index (κ3) is 9.49. The first-order valence-electron chi connectivity index (χ1n) is 12.1. The number of rotatable bonds is 8. The van der Waals surface area contributed by atoms with Crippen molar-refractivity contribution in [1.82, 2.24) is 0 Å². The van der Waals surface area contributed by atoms with Gasteiger partial charge < -0.3 is 69.5 Å². The van der Waals surface area contributed by atoms with Crippen molar-refractivity contribution in [2.75, 3.05) is 28.4 Å². The van der Waals surface area contributed by atoms with Crippen LogP contribution in [-0.4, -0.2) is 28.4 Å². The molecule has 0 saturated heterocycles. The Hall–Kier alpha value is -3.07. The maximum absolute atomic E-state index is 5.45. The van der Waals surface area contributed by atoms with Gasteiger partial charge in [-0.25, -0.2) is 0 Å². The largest absolute Gasteiger partial charge is 0.781 e. The van der Waals surface area contributed by atoms with Crippen molar-refractivity contribution in [3.05, 3.63) is 119 Å². The van der Waals surface area contributed by atoms with Crippen molar-refractivity contribution in [3.8, 4) is 23.0 Å². The molecular formula is C32H28NiO4S4-4. The van der Waals surface area contributed by atoms with Crippen LogP contribution < -0.4 is 18.9 Å². The van der Waals surface area contributed by atoms with Crippen molar-refractivity contribution in [2.45, 2.75) is 0 Å². The summed E-state index contributed by atoms with van der Waals surface area (Å²) < 4.78 is 20.5. The van der Waals surface area contributed by atoms with E-state index in [1.54, 1.807) is 28.4 Å². The predicted molar refractivity (Wildman–Crippen MR) is 175 cm³/mol. The molecule has 0 fully saturated rings. The van der Waals surface area contributed by atoms with E-state index in [2.05, 4.69) is 0 Å². The van der Waals surface area contributed by atoms with Gasteiger partial charge in [0.25, 0.3) is 0 Å². The molecule has 0 amide bonds. The molecular weight excluding hydrogens is 635 g/mol. The standard InChI is InChI=1S/2C16H16O2S2.Ni/c2*1-17-13-7-3-11(4-8-13)15(19)16(20)12-5-9-14(18-2)10-6-12;/h2*3-10,19-20H,1-2H3;/p-4/b2*16-15-;. The minimum Gasteiger partial charge on any atom is -0.781 e. The van der Waals surface area contributed by atoms with Gasteiger partial charge in [0.05, 0.1) is 28.4 Å². The SMILES string of the molecule is COc1ccc(/C([S-])=C(/[S-])c2ccc(OC)cc2)cc1.COc1ccc(/C([S-])=C(/[S-])c2ccc(OC)cc2)cc1.[Ni]. The molecule has 41 heavy (non-hydrogen) atoms. The van der Waals surface area contributed by atoms with Crippen LogP contribution >= 0.6 is 0 Å². The van der Waals surface area contributed by atoms with Crippen LogP contribution in [0.5, 0.6) is 23.0 Å². The molecule has 4 rings (SSSR count). The summed E-state index contributed by atoms with van der Waals surface area (Å²) in [5.41, 5.74) is 3.67. The quantitative estimate of drug-likeness (QED) is 0.111. The van der Waals surface area contributed by atoms with E-state index in [9.17, 15) is 0 Å². The number of hydrogen-bond acceptors (Lipinski definition) is 8. The van der Waals surface area contributed by atoms with Crippen LogP contribution in [-0.2, 0) is 67.0 Å². The number of benzene rings is 4. The molecule has 0 spiro atoms. The Labute approximate surface area is 274 Å². The van der Waals surface area contributed by atoms with Gasteiger partial charge in [0.15, 0.2) is 0 Å². The van der Waals surface area contributed by atoms with E-state index in [0.29, 0.717) is 19.6 Å². The number of hydrogen-bond donors (Lipinski definition) is 0. The summed E-state index contributed by atoms with van der Waals surface area (Å²) in [6.45, 7) is 0. The zero-order chi connectivity index (χ0) is 29.1. The fourth-order valence-electron chi connectivity index (χ4n) is 3.49. The summed E-state index contributed by atoms with van der Waals surface area (Å²) in [7, 11) is 6.54. The molecule has 0 atom stereocenters. The summed E-state index contributed by atoms with van der Waals surface area (Å²) in [5.74, 6) is 3.19. The van der Waals surface area contributed by atoms with Crippen LogP contribution in [0.2, 0.25) is 0 Å². The topological polar surface area (TPSA) is 36.9 Å². The van der Waals surface area contributed by atoms with E-state index in [4.69, 9.17) is 69.5 Å². The van der Waals surface area contributed by atoms with Crippen molar-refractivity contribution in [1.29, 1.82) is 0 Å². The van der Waals surface area contributed by atoms with Crippen LogP contribution in [0.25, 0.3) is 19.6 Å². The van der Waals surface area contributed by atoms with E-state index in [1.807, 2.05) is 97.1 Å². The Balaban J connectivity index is 0.000000280. The van der Waals surface area contributed by atoms with Gasteiger partial charge in [-0.1, -0.05) is 48.5 Å². The zero-order valence-corrected chi connectivity index (χ0v) is 27.1. The van der Waals surface area contributed by atoms with Gasteiger partial charge in [-0.3, -0.25) is 0 Å². The molecule has 0 N–H and O–H groups in total. The molecule has 0 aliphatic heterocycles. The van der Waals surface area contributed by atoms with E-state index < -0.39 is 0 Å². The van der Waals surface area contributed by atoms with Crippen molar-refractivity contribution < 1.29 is 35.4 Å². The predicted octanol–water partition coefficient (Wildman–Crippen LogP) is 7.24. The van der Waals surface area contributed by atoms with Gasteiger partial charge in [0, 0.05) is 16.5 Å². The Bertz CT molecular complexity index is 1210. The molecule has 4 aromatic carbocycles. The monoisotopic (exact) mass is 662 g/mol. The molecule has 0 aliphatic rings. The van der Waals surface area contributed by atoms with Gasteiger partial charge in [0.1, 0.15) is 23.0 Å². The molecule has 0 aliphatic carbocycles. The van der Waals surface area contributed by atoms with Crippen LogP contribution in [0.3, 0.4) is 0 Å². The Morgan fingerprint density at radius 3 is 0.610 bits per heavy atom. The molecule has 0 saturated carbocycles. The van der Waals surface area contributed by atoms with Gasteiger partial charge in [0.2, 0.25) is 0 Å². The summed E-state index contributed by atoms with van der Waals surface area (Å²) >= 11 is 21.8. The first kappa shape index (κ1) is 34.1. The van der Waals surface area contributed by atoms with E-state index in [0.717, 1.165) is 45.3 Å². The summed E-state index contributed by atoms with van der Waals surface area (Å²) in [4.78, 5) is 2.64. The summed E-state index contributed by atoms with van der Waals surface area (Å²) in [5, 5.41) is 0. The van der Waals surface area contributed by atoms with Crippen LogP contribution in [0.1, 0.15) is 22.3 Å². The molecule has 0 radical (unpaired) electrons. The van der Waals surface area contributed by atoms with E-state index >= 15 is 0 Å². The van der Waals surface area contributed by atoms with Gasteiger partial charge in [-0.05, 0) is 70.8 Å². The molecule has 0 heterocycles. The minimum absolute atomic E-state index is 0. The average Bonchev–Trinajstić information content (AvgIpc) is 3.03. The van der Waals surface area contributed by atoms with Crippen LogP contribution in [0, 0.1) is 0 Å². The number of ether oxygens (including phenoxy) is 4. The normalized spacial score (nSPS) is 11.4. The van der Waals surface area contributed by atoms with Gasteiger partial charge in [-0.2, -0.15) is 19.6 Å². The smallest absolute Gasteiger partial charge is 0.118 e. The van der Waals surface area contributed by atoms with Crippen LogP contribution in [0.15, 0.2) is 97.1 Å². The second-order valence-corrected chi connectivity index (χ2v) is 9.86. The zero-order valence-electron chi connectivity index (χ0n) is 22.8. The van der Waals surface area contributed by atoms with Crippen LogP contribution in [0.4, 0.5) is 0 Å². The second kappa shape index (κ2) is 17.0. The first-order chi connectivity index (χ1) is 19.3. The fraction of sp³-hybridized carbons (Fsp3) is 0.125. The molecule has 0 aromatic heterocycles. The Morgan fingerprint density at radius 2 is 0.488 bits per heavy atom. The summed E-state index contributed by atoms with van der Waals surface area (Å²) in [6.07, 6.45) is 0. The average molecular weight is 664 g/mol. The van der Waals surface area contributed by atoms with Gasteiger partial charge in [-0.15, -0.1) is 0 Å². The van der Waals surface area contributed by atoms with Crippen molar-refractivity contribution in [3.63, 3.8) is 0 Å².